The van der Waals surface area contributed by atoms with Crippen LogP contribution >= 0.6 is 35.7 Å². The van der Waals surface area contributed by atoms with E-state index < -0.39 is 0 Å². The van der Waals surface area contributed by atoms with Crippen LogP contribution in [0.3, 0.4) is 0 Å². The molecular formula is C40H53N5O4S3. The number of carbonyl (C=O) groups is 3. The predicted molar refractivity (Wildman–Crippen MR) is 220 cm³/mol. The van der Waals surface area contributed by atoms with Gasteiger partial charge in [-0.05, 0) is 87.8 Å². The summed E-state index contributed by atoms with van der Waals surface area (Å²) in [4.78, 5) is 49.0. The number of thiocarbonyl (C=S) groups is 1. The van der Waals surface area contributed by atoms with Gasteiger partial charge in [-0.2, -0.15) is 0 Å². The Morgan fingerprint density at radius 3 is 2.23 bits per heavy atom. The van der Waals surface area contributed by atoms with Gasteiger partial charge in [0.15, 0.2) is 0 Å². The van der Waals surface area contributed by atoms with E-state index in [9.17, 15) is 14.4 Å². The molecule has 52 heavy (non-hydrogen) atoms. The highest BCUT2D eigenvalue weighted by Crippen LogP contribution is 2.46. The van der Waals surface area contributed by atoms with Crippen LogP contribution in [0.5, 0.6) is 0 Å². The number of likely N-dealkylation sites (N-methyl/N-ethyl adjacent to an activating group) is 2. The summed E-state index contributed by atoms with van der Waals surface area (Å²) in [6.07, 6.45) is 22.3. The van der Waals surface area contributed by atoms with E-state index in [-0.39, 0.29) is 24.4 Å². The van der Waals surface area contributed by atoms with Gasteiger partial charge in [-0.1, -0.05) is 87.4 Å². The zero-order valence-electron chi connectivity index (χ0n) is 31.4. The van der Waals surface area contributed by atoms with Crippen molar-refractivity contribution in [2.24, 2.45) is 0 Å². The third-order valence-corrected chi connectivity index (χ3v) is 11.4. The molecule has 12 heteroatoms. The number of nitrogens with zero attached hydrogens (tertiary/aromatic N) is 5. The predicted octanol–water partition coefficient (Wildman–Crippen LogP) is 8.96. The van der Waals surface area contributed by atoms with Gasteiger partial charge in [0, 0.05) is 50.1 Å². The number of ether oxygens (including phenoxy) is 1. The zero-order chi connectivity index (χ0) is 37.6. The van der Waals surface area contributed by atoms with Crippen molar-refractivity contribution in [2.75, 3.05) is 51.3 Å². The highest BCUT2D eigenvalue weighted by molar-refractivity contribution is 8.26. The lowest BCUT2D eigenvalue weighted by Gasteiger charge is -2.21. The number of anilines is 1. The standard InChI is InChI=1S/C26H37N3O3S.C14H16N2OS2/c1-5-7-9-10-16-27-21-12-11-20(3)19-23(21)33-24(27)14-13-22-25(30)29(17-18-32-4)26(31)28(22)15-8-6-2;1-3-15-10-6-5-7-11(15)8-9-12-13(17)16(4-2)14(18)19-12/h11-14,19H,5-10,15-18H2,1-4H3;5-10H,3-4H2,1-2H3/b;11-8-,12-9+. The maximum Gasteiger partial charge on any atom is 0.331 e. The molecule has 0 bridgehead atoms. The quantitative estimate of drug-likeness (QED) is 0.0754. The van der Waals surface area contributed by atoms with Crippen LogP contribution < -0.4 is 4.90 Å². The van der Waals surface area contributed by atoms with Crippen molar-refractivity contribution in [1.29, 1.82) is 0 Å². The minimum Gasteiger partial charge on any atom is -0.383 e. The van der Waals surface area contributed by atoms with Gasteiger partial charge in [0.2, 0.25) is 0 Å². The molecule has 0 N–H and O–H groups in total. The van der Waals surface area contributed by atoms with Gasteiger partial charge in [-0.15, -0.1) is 0 Å². The van der Waals surface area contributed by atoms with Crippen LogP contribution in [0.2, 0.25) is 0 Å². The van der Waals surface area contributed by atoms with Crippen molar-refractivity contribution in [3.63, 3.8) is 0 Å². The van der Waals surface area contributed by atoms with Crippen LogP contribution in [-0.2, 0) is 14.3 Å². The van der Waals surface area contributed by atoms with E-state index in [0.717, 1.165) is 43.1 Å². The molecule has 0 aliphatic carbocycles. The number of methoxy groups -OCH3 is 1. The summed E-state index contributed by atoms with van der Waals surface area (Å²) in [7, 11) is 1.58. The summed E-state index contributed by atoms with van der Waals surface area (Å²) in [5.41, 5.74) is 4.00. The van der Waals surface area contributed by atoms with Crippen molar-refractivity contribution < 1.29 is 19.1 Å². The lowest BCUT2D eigenvalue weighted by molar-refractivity contribution is -0.123. The fourth-order valence-corrected chi connectivity index (χ4v) is 8.47. The second kappa shape index (κ2) is 20.6. The molecule has 280 valence electrons. The number of amides is 4. The van der Waals surface area contributed by atoms with Crippen molar-refractivity contribution in [3.05, 3.63) is 93.8 Å². The Morgan fingerprint density at radius 2 is 1.54 bits per heavy atom. The van der Waals surface area contributed by atoms with Crippen LogP contribution in [0.15, 0.2) is 93.2 Å². The Labute approximate surface area is 324 Å². The molecular weight excluding hydrogens is 711 g/mol. The van der Waals surface area contributed by atoms with Crippen LogP contribution in [0.4, 0.5) is 10.5 Å². The summed E-state index contributed by atoms with van der Waals surface area (Å²) in [6, 6.07) is 6.32. The summed E-state index contributed by atoms with van der Waals surface area (Å²) >= 11 is 8.28. The molecule has 1 aromatic rings. The van der Waals surface area contributed by atoms with E-state index in [4.69, 9.17) is 17.0 Å². The normalized spacial score (nSPS) is 20.2. The van der Waals surface area contributed by atoms with E-state index >= 15 is 0 Å². The second-order valence-corrected chi connectivity index (χ2v) is 15.3. The maximum absolute atomic E-state index is 13.1. The summed E-state index contributed by atoms with van der Waals surface area (Å²) in [5.74, 6) is -0.233. The number of unbranched alkanes of at least 4 members (excludes halogenated alkanes) is 4. The average molecular weight is 764 g/mol. The van der Waals surface area contributed by atoms with Gasteiger partial charge in [-0.25, -0.2) is 4.79 Å². The number of hydrogen-bond acceptors (Lipinski definition) is 9. The van der Waals surface area contributed by atoms with Crippen LogP contribution in [-0.4, -0.2) is 88.2 Å². The van der Waals surface area contributed by atoms with Gasteiger partial charge < -0.3 is 14.5 Å². The van der Waals surface area contributed by atoms with Crippen molar-refractivity contribution >= 4 is 63.6 Å². The highest BCUT2D eigenvalue weighted by Gasteiger charge is 2.40. The molecule has 4 aliphatic rings. The van der Waals surface area contributed by atoms with Crippen molar-refractivity contribution in [3.8, 4) is 0 Å². The molecule has 9 nitrogen and oxygen atoms in total. The second-order valence-electron chi connectivity index (χ2n) is 12.6. The molecule has 0 spiro atoms. The highest BCUT2D eigenvalue weighted by atomic mass is 32.2. The number of rotatable bonds is 15. The first-order chi connectivity index (χ1) is 25.2. The molecule has 0 saturated carbocycles. The Morgan fingerprint density at radius 1 is 0.769 bits per heavy atom. The number of carbonyl (C=O) groups excluding carboxylic acids is 3. The molecule has 0 unspecified atom stereocenters. The number of allylic oxidation sites excluding steroid dienone is 7. The Balaban J connectivity index is 0.000000269. The molecule has 4 aliphatic heterocycles. The summed E-state index contributed by atoms with van der Waals surface area (Å²) in [5, 5.41) is 1.10. The van der Waals surface area contributed by atoms with Gasteiger partial charge in [0.05, 0.1) is 28.8 Å². The van der Waals surface area contributed by atoms with Crippen molar-refractivity contribution in [2.45, 2.75) is 78.0 Å². The number of aryl methyl sites for hydroxylation is 1. The lowest BCUT2D eigenvalue weighted by Crippen LogP contribution is -2.35. The summed E-state index contributed by atoms with van der Waals surface area (Å²) < 4.78 is 5.74. The zero-order valence-corrected chi connectivity index (χ0v) is 33.9. The minimum atomic E-state index is -0.246. The third-order valence-electron chi connectivity index (χ3n) is 8.89. The number of benzene rings is 1. The van der Waals surface area contributed by atoms with Crippen LogP contribution in [0.25, 0.3) is 0 Å². The first-order valence-electron chi connectivity index (χ1n) is 18.4. The van der Waals surface area contributed by atoms with Gasteiger partial charge in [0.25, 0.3) is 11.8 Å². The van der Waals surface area contributed by atoms with E-state index in [1.807, 2.05) is 55.7 Å². The van der Waals surface area contributed by atoms with E-state index in [1.54, 1.807) is 28.7 Å². The monoisotopic (exact) mass is 763 g/mol. The number of imide groups is 1. The topological polar surface area (TPSA) is 76.6 Å². The molecule has 0 atom stereocenters. The molecule has 1 aromatic carbocycles. The molecule has 0 radical (unpaired) electrons. The molecule has 4 heterocycles. The third kappa shape index (κ3) is 10.3. The Hall–Kier alpha value is -3.58. The van der Waals surface area contributed by atoms with Gasteiger partial charge >= 0.3 is 6.03 Å². The molecule has 2 fully saturated rings. The number of hydrogen-bond donors (Lipinski definition) is 0. The Bertz CT molecular complexity index is 1660. The number of urea groups is 1. The number of thioether (sulfide) groups is 2. The average Bonchev–Trinajstić information content (AvgIpc) is 3.71. The lowest BCUT2D eigenvalue weighted by atomic mass is 10.1. The van der Waals surface area contributed by atoms with Gasteiger partial charge in [-0.3, -0.25) is 24.3 Å². The first kappa shape index (κ1) is 41.2. The van der Waals surface area contributed by atoms with Crippen LogP contribution in [0, 0.1) is 6.92 Å². The molecule has 5 rings (SSSR count). The largest absolute Gasteiger partial charge is 0.383 e. The first-order valence-corrected chi connectivity index (χ1v) is 20.4. The number of fused-ring (bicyclic) bond motifs is 1. The molecule has 0 aromatic heterocycles. The SMILES string of the molecule is CCCCCCN1C(=CC=C2C(=O)N(CCOC)C(=O)N2CCCC)Sc2cc(C)ccc21.CCN1C(=O)/C(=C\C=C2\C=CC=CN2CC)SC1=S. The molecule has 2 saturated heterocycles. The fourth-order valence-electron chi connectivity index (χ4n) is 5.95. The van der Waals surface area contributed by atoms with Gasteiger partial charge in [0.1, 0.15) is 10.0 Å². The summed E-state index contributed by atoms with van der Waals surface area (Å²) in [6.45, 7) is 14.1. The minimum absolute atomic E-state index is 0.00716. The van der Waals surface area contributed by atoms with Crippen molar-refractivity contribution in [1.82, 2.24) is 19.6 Å². The van der Waals surface area contributed by atoms with E-state index in [0.29, 0.717) is 34.6 Å². The van der Waals surface area contributed by atoms with E-state index in [1.165, 1.54) is 52.1 Å². The smallest absolute Gasteiger partial charge is 0.331 e. The van der Waals surface area contributed by atoms with Crippen LogP contribution in [0.1, 0.15) is 71.8 Å². The maximum atomic E-state index is 13.1. The Kier molecular flexibility index (Phi) is 16.3. The molecule has 4 amide bonds. The fraction of sp³-hybridized carbons (Fsp3) is 0.450. The van der Waals surface area contributed by atoms with E-state index in [2.05, 4.69) is 55.7 Å².